The van der Waals surface area contributed by atoms with Crippen molar-refractivity contribution in [1.29, 1.82) is 0 Å². The highest BCUT2D eigenvalue weighted by atomic mass is 16.5. The van der Waals surface area contributed by atoms with E-state index in [1.807, 2.05) is 42.6 Å². The first-order valence-corrected chi connectivity index (χ1v) is 10.5. The van der Waals surface area contributed by atoms with Gasteiger partial charge in [0.15, 0.2) is 0 Å². The minimum absolute atomic E-state index is 0.313. The SMILES string of the molecule is C=CC(=O)Nc1cc(-c2cnc3[nH]cc(-c4ccnc(OC)c4)c3c2)nn1Cc1cccnc1. The van der Waals surface area contributed by atoms with Gasteiger partial charge in [0.2, 0.25) is 11.8 Å². The molecule has 1 amide bonds. The Kier molecular flexibility index (Phi) is 5.57. The fourth-order valence-electron chi connectivity index (χ4n) is 3.69. The van der Waals surface area contributed by atoms with Gasteiger partial charge in [0, 0.05) is 59.6 Å². The number of hydrogen-bond acceptors (Lipinski definition) is 6. The molecule has 168 valence electrons. The van der Waals surface area contributed by atoms with Gasteiger partial charge in [-0.1, -0.05) is 12.6 Å². The van der Waals surface area contributed by atoms with E-state index < -0.39 is 0 Å². The van der Waals surface area contributed by atoms with E-state index in [2.05, 4.69) is 31.8 Å². The first-order valence-electron chi connectivity index (χ1n) is 10.5. The van der Waals surface area contributed by atoms with Crippen molar-refractivity contribution in [3.05, 3.63) is 85.6 Å². The number of aromatic nitrogens is 6. The van der Waals surface area contributed by atoms with Crippen molar-refractivity contribution in [1.82, 2.24) is 29.7 Å². The Labute approximate surface area is 195 Å². The largest absolute Gasteiger partial charge is 0.481 e. The molecule has 0 spiro atoms. The van der Waals surface area contributed by atoms with E-state index >= 15 is 0 Å². The molecule has 5 heterocycles. The molecule has 5 aromatic rings. The molecule has 5 rings (SSSR count). The molecular weight excluding hydrogens is 430 g/mol. The number of hydrogen-bond donors (Lipinski definition) is 2. The molecule has 0 aromatic carbocycles. The third-order valence-corrected chi connectivity index (χ3v) is 5.35. The van der Waals surface area contributed by atoms with Gasteiger partial charge in [0.25, 0.3) is 0 Å². The minimum Gasteiger partial charge on any atom is -0.481 e. The molecule has 0 atom stereocenters. The van der Waals surface area contributed by atoms with Crippen LogP contribution in [-0.2, 0) is 11.3 Å². The summed E-state index contributed by atoms with van der Waals surface area (Å²) in [6.45, 7) is 3.98. The maximum Gasteiger partial charge on any atom is 0.248 e. The van der Waals surface area contributed by atoms with Crippen molar-refractivity contribution < 1.29 is 9.53 Å². The van der Waals surface area contributed by atoms with Crippen molar-refractivity contribution in [3.63, 3.8) is 0 Å². The third kappa shape index (κ3) is 4.14. The Hall–Kier alpha value is -4.79. The second kappa shape index (κ2) is 8.99. The molecule has 0 aliphatic rings. The van der Waals surface area contributed by atoms with Crippen molar-refractivity contribution in [2.24, 2.45) is 0 Å². The summed E-state index contributed by atoms with van der Waals surface area (Å²) in [6.07, 6.45) is 10.1. The maximum absolute atomic E-state index is 12.0. The fourth-order valence-corrected chi connectivity index (χ4v) is 3.69. The Morgan fingerprint density at radius 2 is 2.09 bits per heavy atom. The molecule has 0 radical (unpaired) electrons. The van der Waals surface area contributed by atoms with Crippen LogP contribution in [0, 0.1) is 0 Å². The van der Waals surface area contributed by atoms with Gasteiger partial charge in [0.05, 0.1) is 19.3 Å². The van der Waals surface area contributed by atoms with Gasteiger partial charge in [-0.25, -0.2) is 14.6 Å². The summed E-state index contributed by atoms with van der Waals surface area (Å²) in [5.41, 5.74) is 5.13. The predicted molar refractivity (Wildman–Crippen MR) is 129 cm³/mol. The summed E-state index contributed by atoms with van der Waals surface area (Å²) in [6, 6.07) is 11.5. The van der Waals surface area contributed by atoms with Crippen LogP contribution in [0.3, 0.4) is 0 Å². The standard InChI is InChI=1S/C25H21N7O2/c1-3-23(33)30-22-11-21(31-32(22)15-16-5-4-7-26-12-16)18-9-19-20(14-29-25(19)28-13-18)17-6-8-27-24(10-17)34-2/h3-14H,1,15H2,2H3,(H,28,29)(H,30,33). The first kappa shape index (κ1) is 21.1. The van der Waals surface area contributed by atoms with E-state index in [1.165, 1.54) is 6.08 Å². The maximum atomic E-state index is 12.0. The highest BCUT2D eigenvalue weighted by Gasteiger charge is 2.15. The number of amides is 1. The van der Waals surface area contributed by atoms with Crippen molar-refractivity contribution >= 4 is 22.8 Å². The zero-order valence-corrected chi connectivity index (χ0v) is 18.4. The lowest BCUT2D eigenvalue weighted by atomic mass is 10.1. The van der Waals surface area contributed by atoms with Gasteiger partial charge in [-0.15, -0.1) is 0 Å². The lowest BCUT2D eigenvalue weighted by molar-refractivity contribution is -0.111. The number of pyridine rings is 3. The molecular formula is C25H21N7O2. The van der Waals surface area contributed by atoms with Crippen LogP contribution in [0.15, 0.2) is 80.0 Å². The van der Waals surface area contributed by atoms with E-state index in [0.29, 0.717) is 23.9 Å². The number of carbonyl (C=O) groups excluding carboxylic acids is 1. The van der Waals surface area contributed by atoms with Crippen LogP contribution in [0.1, 0.15) is 5.56 Å². The molecule has 0 saturated carbocycles. The van der Waals surface area contributed by atoms with E-state index in [1.54, 1.807) is 36.6 Å². The number of nitrogens with zero attached hydrogens (tertiary/aromatic N) is 5. The second-order valence-corrected chi connectivity index (χ2v) is 7.54. The quantitative estimate of drug-likeness (QED) is 0.361. The number of H-pyrrole nitrogens is 1. The number of nitrogens with one attached hydrogen (secondary N) is 2. The summed E-state index contributed by atoms with van der Waals surface area (Å²) in [7, 11) is 1.59. The molecule has 0 aliphatic heterocycles. The topological polar surface area (TPSA) is 111 Å². The van der Waals surface area contributed by atoms with Crippen LogP contribution < -0.4 is 10.1 Å². The number of ether oxygens (including phenoxy) is 1. The normalized spacial score (nSPS) is 10.9. The zero-order chi connectivity index (χ0) is 23.5. The molecule has 9 heteroatoms. The summed E-state index contributed by atoms with van der Waals surface area (Å²) in [4.78, 5) is 28.1. The molecule has 0 aliphatic carbocycles. The third-order valence-electron chi connectivity index (χ3n) is 5.35. The lowest BCUT2D eigenvalue weighted by Gasteiger charge is -2.07. The molecule has 0 unspecified atom stereocenters. The summed E-state index contributed by atoms with van der Waals surface area (Å²) < 4.78 is 6.99. The zero-order valence-electron chi connectivity index (χ0n) is 18.4. The second-order valence-electron chi connectivity index (χ2n) is 7.54. The van der Waals surface area contributed by atoms with E-state index in [9.17, 15) is 4.79 Å². The van der Waals surface area contributed by atoms with Crippen LogP contribution in [0.4, 0.5) is 5.82 Å². The molecule has 34 heavy (non-hydrogen) atoms. The lowest BCUT2D eigenvalue weighted by Crippen LogP contribution is -2.13. The van der Waals surface area contributed by atoms with Gasteiger partial charge in [0.1, 0.15) is 11.5 Å². The Morgan fingerprint density at radius 3 is 2.88 bits per heavy atom. The number of rotatable bonds is 7. The number of carbonyl (C=O) groups is 1. The Bertz CT molecular complexity index is 1490. The monoisotopic (exact) mass is 451 g/mol. The van der Waals surface area contributed by atoms with Gasteiger partial charge in [-0.05, 0) is 35.4 Å². The van der Waals surface area contributed by atoms with Crippen molar-refractivity contribution in [3.8, 4) is 28.3 Å². The van der Waals surface area contributed by atoms with Crippen LogP contribution >= 0.6 is 0 Å². The van der Waals surface area contributed by atoms with E-state index in [0.717, 1.165) is 33.3 Å². The summed E-state index contributed by atoms with van der Waals surface area (Å²) >= 11 is 0. The van der Waals surface area contributed by atoms with Gasteiger partial charge in [-0.3, -0.25) is 9.78 Å². The van der Waals surface area contributed by atoms with Gasteiger partial charge in [-0.2, -0.15) is 5.10 Å². The average molecular weight is 451 g/mol. The summed E-state index contributed by atoms with van der Waals surface area (Å²) in [5.74, 6) is 0.775. The number of anilines is 1. The highest BCUT2D eigenvalue weighted by Crippen LogP contribution is 2.32. The average Bonchev–Trinajstić information content (AvgIpc) is 3.48. The Morgan fingerprint density at radius 1 is 1.18 bits per heavy atom. The molecule has 9 nitrogen and oxygen atoms in total. The van der Waals surface area contributed by atoms with Crippen LogP contribution in [0.25, 0.3) is 33.4 Å². The van der Waals surface area contributed by atoms with Gasteiger partial charge < -0.3 is 15.0 Å². The number of methoxy groups -OCH3 is 1. The van der Waals surface area contributed by atoms with E-state index in [4.69, 9.17) is 9.84 Å². The van der Waals surface area contributed by atoms with Crippen LogP contribution in [0.5, 0.6) is 5.88 Å². The highest BCUT2D eigenvalue weighted by molar-refractivity contribution is 5.99. The predicted octanol–water partition coefficient (Wildman–Crippen LogP) is 4.06. The molecule has 2 N–H and O–H groups in total. The van der Waals surface area contributed by atoms with Crippen LogP contribution in [-0.4, -0.2) is 42.7 Å². The van der Waals surface area contributed by atoms with Crippen molar-refractivity contribution in [2.75, 3.05) is 12.4 Å². The van der Waals surface area contributed by atoms with Crippen LogP contribution in [0.2, 0.25) is 0 Å². The molecule has 0 bridgehead atoms. The van der Waals surface area contributed by atoms with E-state index in [-0.39, 0.29) is 5.91 Å². The molecule has 0 fully saturated rings. The fraction of sp³-hybridized carbons (Fsp3) is 0.0800. The number of fused-ring (bicyclic) bond motifs is 1. The first-order chi connectivity index (χ1) is 16.6. The van der Waals surface area contributed by atoms with Crippen molar-refractivity contribution in [2.45, 2.75) is 6.54 Å². The minimum atomic E-state index is -0.313. The molecule has 5 aromatic heterocycles. The number of aromatic amines is 1. The summed E-state index contributed by atoms with van der Waals surface area (Å²) in [5, 5.41) is 8.51. The smallest absolute Gasteiger partial charge is 0.248 e. The van der Waals surface area contributed by atoms with Gasteiger partial charge >= 0.3 is 0 Å². The molecule has 0 saturated heterocycles. The Balaban J connectivity index is 1.56.